The van der Waals surface area contributed by atoms with Crippen molar-refractivity contribution in [2.75, 3.05) is 15.9 Å². The van der Waals surface area contributed by atoms with Crippen LogP contribution in [-0.2, 0) is 0 Å². The van der Waals surface area contributed by atoms with Gasteiger partial charge in [0.25, 0.3) is 5.91 Å². The fourth-order valence-corrected chi connectivity index (χ4v) is 3.87. The first-order valence-corrected chi connectivity index (χ1v) is 11.3. The Kier molecular flexibility index (Phi) is 6.53. The minimum atomic E-state index is -0.608. The van der Waals surface area contributed by atoms with Gasteiger partial charge in [-0.25, -0.2) is 9.97 Å². The Morgan fingerprint density at radius 2 is 1.35 bits per heavy atom. The van der Waals surface area contributed by atoms with E-state index in [1.54, 1.807) is 17.1 Å². The SMILES string of the molecule is O=C(NNc1ncnc(NN(c2ccccc2)c2ccccc2)c1[N+](=O)[O-])c1cccc2ccccc12. The number of anilines is 4. The summed E-state index contributed by atoms with van der Waals surface area (Å²) in [7, 11) is 0. The average molecular weight is 492 g/mol. The van der Waals surface area contributed by atoms with E-state index in [1.807, 2.05) is 91.0 Å². The molecule has 0 fully saturated rings. The number of nitro groups is 1. The number of nitrogens with zero attached hydrogens (tertiary/aromatic N) is 4. The number of amides is 1. The van der Waals surface area contributed by atoms with Gasteiger partial charge in [0, 0.05) is 5.56 Å². The molecule has 1 heterocycles. The number of carbonyl (C=O) groups is 1. The van der Waals surface area contributed by atoms with Crippen molar-refractivity contribution in [2.24, 2.45) is 0 Å². The first-order chi connectivity index (χ1) is 18.1. The number of nitrogens with one attached hydrogen (secondary N) is 3. The molecular weight excluding hydrogens is 470 g/mol. The normalized spacial score (nSPS) is 10.5. The highest BCUT2D eigenvalue weighted by atomic mass is 16.6. The number of hydrazine groups is 2. The van der Waals surface area contributed by atoms with Crippen LogP contribution in [0.5, 0.6) is 0 Å². The van der Waals surface area contributed by atoms with Crippen LogP contribution in [0.25, 0.3) is 10.8 Å². The number of hydrogen-bond donors (Lipinski definition) is 3. The third-order valence-corrected chi connectivity index (χ3v) is 5.58. The lowest BCUT2D eigenvalue weighted by atomic mass is 10.0. The molecule has 0 aliphatic heterocycles. The Labute approximate surface area is 211 Å². The second-order valence-corrected chi connectivity index (χ2v) is 7.90. The second kappa shape index (κ2) is 10.4. The minimum Gasteiger partial charge on any atom is -0.276 e. The lowest BCUT2D eigenvalue weighted by Crippen LogP contribution is -2.31. The van der Waals surface area contributed by atoms with Crippen LogP contribution < -0.4 is 21.3 Å². The molecule has 0 aliphatic carbocycles. The fourth-order valence-electron chi connectivity index (χ4n) is 3.87. The lowest BCUT2D eigenvalue weighted by Gasteiger charge is -2.26. The number of fused-ring (bicyclic) bond motifs is 1. The monoisotopic (exact) mass is 491 g/mol. The van der Waals surface area contributed by atoms with Gasteiger partial charge in [-0.1, -0.05) is 72.8 Å². The maximum atomic E-state index is 12.9. The Morgan fingerprint density at radius 3 is 2.03 bits per heavy atom. The topological polar surface area (TPSA) is 125 Å². The highest BCUT2D eigenvalue weighted by Gasteiger charge is 2.26. The van der Waals surface area contributed by atoms with Crippen LogP contribution in [0.1, 0.15) is 10.4 Å². The van der Waals surface area contributed by atoms with Gasteiger partial charge < -0.3 is 0 Å². The van der Waals surface area contributed by atoms with E-state index in [2.05, 4.69) is 26.2 Å². The molecule has 4 aromatic carbocycles. The van der Waals surface area contributed by atoms with Crippen LogP contribution in [0.15, 0.2) is 109 Å². The van der Waals surface area contributed by atoms with E-state index in [4.69, 9.17) is 0 Å². The van der Waals surface area contributed by atoms with Gasteiger partial charge in [0.15, 0.2) is 0 Å². The largest absolute Gasteiger partial charge is 0.356 e. The lowest BCUT2D eigenvalue weighted by molar-refractivity contribution is -0.383. The van der Waals surface area contributed by atoms with Gasteiger partial charge in [0.1, 0.15) is 6.33 Å². The second-order valence-electron chi connectivity index (χ2n) is 7.90. The summed E-state index contributed by atoms with van der Waals surface area (Å²) in [6.07, 6.45) is 1.18. The molecule has 0 bridgehead atoms. The summed E-state index contributed by atoms with van der Waals surface area (Å²) in [6, 6.07) is 31.4. The van der Waals surface area contributed by atoms with Gasteiger partial charge in [-0.05, 0) is 41.1 Å². The van der Waals surface area contributed by atoms with E-state index in [1.165, 1.54) is 6.33 Å². The molecule has 0 saturated carbocycles. The predicted molar refractivity (Wildman–Crippen MR) is 142 cm³/mol. The molecule has 0 aliphatic rings. The summed E-state index contributed by atoms with van der Waals surface area (Å²) in [6.45, 7) is 0. The number of carbonyl (C=O) groups excluding carboxylic acids is 1. The number of rotatable bonds is 8. The first-order valence-electron chi connectivity index (χ1n) is 11.3. The van der Waals surface area contributed by atoms with Crippen LogP contribution in [0.4, 0.5) is 28.7 Å². The van der Waals surface area contributed by atoms with Crippen LogP contribution in [-0.4, -0.2) is 20.8 Å². The third kappa shape index (κ3) is 4.98. The van der Waals surface area contributed by atoms with Crippen molar-refractivity contribution in [3.63, 3.8) is 0 Å². The molecule has 37 heavy (non-hydrogen) atoms. The zero-order chi connectivity index (χ0) is 25.6. The number of aromatic nitrogens is 2. The molecule has 5 aromatic rings. The molecule has 1 amide bonds. The van der Waals surface area contributed by atoms with Gasteiger partial charge in [0.2, 0.25) is 11.6 Å². The molecule has 5 rings (SSSR count). The Hall–Kier alpha value is -5.51. The van der Waals surface area contributed by atoms with Crippen LogP contribution in [0.2, 0.25) is 0 Å². The van der Waals surface area contributed by atoms with Crippen LogP contribution >= 0.6 is 0 Å². The molecular formula is C27H21N7O3. The minimum absolute atomic E-state index is 0.0605. The first kappa shape index (κ1) is 23.2. The van der Waals surface area contributed by atoms with E-state index < -0.39 is 16.5 Å². The zero-order valence-corrected chi connectivity index (χ0v) is 19.4. The Bertz CT molecular complexity index is 1520. The molecule has 0 atom stereocenters. The van der Waals surface area contributed by atoms with Crippen molar-refractivity contribution in [1.82, 2.24) is 15.4 Å². The standard InChI is InChI=1S/C27H21N7O3/c35-27(23-17-9-11-19-10-7-8-16-22(19)23)31-30-25-24(34(36)37)26(29-18-28-25)32-33(20-12-3-1-4-13-20)21-14-5-2-6-15-21/h1-18H,(H,31,35)(H2,28,29,30,32). The molecule has 0 radical (unpaired) electrons. The van der Waals surface area contributed by atoms with Gasteiger partial charge in [-0.2, -0.15) is 0 Å². The molecule has 0 unspecified atom stereocenters. The van der Waals surface area contributed by atoms with Gasteiger partial charge in [-0.3, -0.25) is 36.2 Å². The molecule has 10 nitrogen and oxygen atoms in total. The summed E-state index contributed by atoms with van der Waals surface area (Å²) in [5.74, 6) is -0.693. The van der Waals surface area contributed by atoms with Crippen LogP contribution in [0, 0.1) is 10.1 Å². The zero-order valence-electron chi connectivity index (χ0n) is 19.4. The van der Waals surface area contributed by atoms with Crippen molar-refractivity contribution in [2.45, 2.75) is 0 Å². The summed E-state index contributed by atoms with van der Waals surface area (Å²) < 4.78 is 0. The van der Waals surface area contributed by atoms with Crippen molar-refractivity contribution >= 4 is 45.4 Å². The van der Waals surface area contributed by atoms with E-state index >= 15 is 0 Å². The van der Waals surface area contributed by atoms with E-state index in [0.717, 1.165) is 22.1 Å². The molecule has 0 saturated heterocycles. The molecule has 3 N–H and O–H groups in total. The highest BCUT2D eigenvalue weighted by Crippen LogP contribution is 2.32. The van der Waals surface area contributed by atoms with Crippen molar-refractivity contribution in [3.8, 4) is 0 Å². The molecule has 10 heteroatoms. The summed E-state index contributed by atoms with van der Waals surface area (Å²) in [4.78, 5) is 32.6. The van der Waals surface area contributed by atoms with Gasteiger partial charge >= 0.3 is 5.69 Å². The van der Waals surface area contributed by atoms with Gasteiger partial charge in [-0.15, -0.1) is 0 Å². The quantitative estimate of drug-likeness (QED) is 0.193. The Morgan fingerprint density at radius 1 is 0.757 bits per heavy atom. The fraction of sp³-hybridized carbons (Fsp3) is 0. The molecule has 1 aromatic heterocycles. The highest BCUT2D eigenvalue weighted by molar-refractivity contribution is 6.07. The maximum absolute atomic E-state index is 12.9. The predicted octanol–water partition coefficient (Wildman–Crippen LogP) is 5.46. The van der Waals surface area contributed by atoms with Crippen molar-refractivity contribution in [3.05, 3.63) is 125 Å². The maximum Gasteiger partial charge on any atom is 0.356 e. The summed E-state index contributed by atoms with van der Waals surface area (Å²) in [5.41, 5.74) is 9.61. The smallest absolute Gasteiger partial charge is 0.276 e. The van der Waals surface area contributed by atoms with E-state index in [0.29, 0.717) is 5.56 Å². The van der Waals surface area contributed by atoms with Crippen molar-refractivity contribution in [1.29, 1.82) is 0 Å². The van der Waals surface area contributed by atoms with Crippen molar-refractivity contribution < 1.29 is 9.72 Å². The van der Waals surface area contributed by atoms with Crippen LogP contribution in [0.3, 0.4) is 0 Å². The summed E-state index contributed by atoms with van der Waals surface area (Å²) >= 11 is 0. The molecule has 182 valence electrons. The summed E-state index contributed by atoms with van der Waals surface area (Å²) in [5, 5.41) is 15.4. The van der Waals surface area contributed by atoms with E-state index in [-0.39, 0.29) is 11.6 Å². The number of benzene rings is 4. The third-order valence-electron chi connectivity index (χ3n) is 5.58. The average Bonchev–Trinajstić information content (AvgIpc) is 2.95. The number of para-hydroxylation sites is 2. The van der Waals surface area contributed by atoms with E-state index in [9.17, 15) is 14.9 Å². The Balaban J connectivity index is 1.44. The van der Waals surface area contributed by atoms with Gasteiger partial charge in [0.05, 0.1) is 16.3 Å². The number of hydrogen-bond acceptors (Lipinski definition) is 8. The molecule has 0 spiro atoms.